The summed E-state index contributed by atoms with van der Waals surface area (Å²) >= 11 is 0. The quantitative estimate of drug-likeness (QED) is 0.579. The van der Waals surface area contributed by atoms with Gasteiger partial charge in [-0.3, -0.25) is 5.43 Å². The average Bonchev–Trinajstić information content (AvgIpc) is 2.64. The minimum atomic E-state index is -0.711. The zero-order valence-corrected chi connectivity index (χ0v) is 7.37. The Bertz CT molecular complexity index is 465. The van der Waals surface area contributed by atoms with Gasteiger partial charge in [0, 0.05) is 11.6 Å². The Labute approximate surface area is 82.9 Å². The summed E-state index contributed by atoms with van der Waals surface area (Å²) < 4.78 is 30.3. The standard InChI is InChI=1S/C8H6F2N4O/c9-5-1-4(2-6(10)3-5)7-12-8(13-11)15-14-7/h1-3H,11H2,(H,12,13,14). The molecule has 15 heavy (non-hydrogen) atoms. The fourth-order valence-corrected chi connectivity index (χ4v) is 1.08. The summed E-state index contributed by atoms with van der Waals surface area (Å²) in [7, 11) is 0. The summed E-state index contributed by atoms with van der Waals surface area (Å²) in [4.78, 5) is 3.73. The first-order valence-corrected chi connectivity index (χ1v) is 3.96. The lowest BCUT2D eigenvalue weighted by atomic mass is 10.2. The van der Waals surface area contributed by atoms with Crippen molar-refractivity contribution in [3.8, 4) is 11.4 Å². The molecule has 0 saturated heterocycles. The van der Waals surface area contributed by atoms with Crippen molar-refractivity contribution in [1.82, 2.24) is 10.1 Å². The molecule has 0 aliphatic rings. The van der Waals surface area contributed by atoms with E-state index in [9.17, 15) is 8.78 Å². The van der Waals surface area contributed by atoms with Crippen LogP contribution in [-0.2, 0) is 0 Å². The van der Waals surface area contributed by atoms with E-state index >= 15 is 0 Å². The highest BCUT2D eigenvalue weighted by Gasteiger charge is 2.09. The van der Waals surface area contributed by atoms with Crippen molar-refractivity contribution in [3.63, 3.8) is 0 Å². The van der Waals surface area contributed by atoms with Gasteiger partial charge in [-0.1, -0.05) is 5.16 Å². The summed E-state index contributed by atoms with van der Waals surface area (Å²) in [5, 5.41) is 3.48. The summed E-state index contributed by atoms with van der Waals surface area (Å²) in [5.74, 6) is 3.64. The van der Waals surface area contributed by atoms with Crippen LogP contribution < -0.4 is 11.3 Å². The molecule has 1 aromatic carbocycles. The Morgan fingerprint density at radius 3 is 2.40 bits per heavy atom. The van der Waals surface area contributed by atoms with E-state index in [2.05, 4.69) is 20.1 Å². The van der Waals surface area contributed by atoms with E-state index in [-0.39, 0.29) is 17.4 Å². The first-order valence-electron chi connectivity index (χ1n) is 3.96. The van der Waals surface area contributed by atoms with Crippen LogP contribution in [0.4, 0.5) is 14.8 Å². The third kappa shape index (κ3) is 1.91. The van der Waals surface area contributed by atoms with E-state index in [1.165, 1.54) is 0 Å². The minimum absolute atomic E-state index is 0.0327. The topological polar surface area (TPSA) is 77.0 Å². The Hall–Kier alpha value is -2.02. The van der Waals surface area contributed by atoms with Gasteiger partial charge in [0.15, 0.2) is 0 Å². The lowest BCUT2D eigenvalue weighted by molar-refractivity contribution is 0.432. The van der Waals surface area contributed by atoms with Gasteiger partial charge in [-0.2, -0.15) is 4.98 Å². The molecule has 2 rings (SSSR count). The third-order valence-corrected chi connectivity index (χ3v) is 1.67. The third-order valence-electron chi connectivity index (χ3n) is 1.67. The Kier molecular flexibility index (Phi) is 2.30. The van der Waals surface area contributed by atoms with Crippen molar-refractivity contribution < 1.29 is 13.3 Å². The number of rotatable bonds is 2. The zero-order valence-electron chi connectivity index (χ0n) is 7.37. The summed E-state index contributed by atoms with van der Waals surface area (Å²) in [6.45, 7) is 0. The Balaban J connectivity index is 2.44. The van der Waals surface area contributed by atoms with Crippen molar-refractivity contribution in [3.05, 3.63) is 29.8 Å². The number of aromatic nitrogens is 2. The van der Waals surface area contributed by atoms with Crippen molar-refractivity contribution in [2.24, 2.45) is 5.84 Å². The van der Waals surface area contributed by atoms with E-state index in [4.69, 9.17) is 5.84 Å². The molecule has 2 aromatic rings. The highest BCUT2D eigenvalue weighted by molar-refractivity contribution is 5.55. The fraction of sp³-hybridized carbons (Fsp3) is 0. The van der Waals surface area contributed by atoms with Gasteiger partial charge in [-0.15, -0.1) is 0 Å². The van der Waals surface area contributed by atoms with Gasteiger partial charge in [0.2, 0.25) is 5.82 Å². The van der Waals surface area contributed by atoms with Crippen molar-refractivity contribution >= 4 is 6.01 Å². The van der Waals surface area contributed by atoms with Crippen molar-refractivity contribution in [2.45, 2.75) is 0 Å². The van der Waals surface area contributed by atoms with E-state index in [1.807, 2.05) is 0 Å². The molecule has 3 N–H and O–H groups in total. The number of benzene rings is 1. The van der Waals surface area contributed by atoms with Crippen LogP contribution in [-0.4, -0.2) is 10.1 Å². The predicted octanol–water partition coefficient (Wildman–Crippen LogP) is 1.30. The molecule has 5 nitrogen and oxygen atoms in total. The minimum Gasteiger partial charge on any atom is -0.314 e. The molecule has 0 atom stereocenters. The summed E-state index contributed by atoms with van der Waals surface area (Å²) in [6, 6.07) is 2.91. The maximum Gasteiger partial charge on any atom is 0.335 e. The van der Waals surface area contributed by atoms with Crippen LogP contribution in [0.2, 0.25) is 0 Å². The SMILES string of the molecule is NNc1nc(-c2cc(F)cc(F)c2)no1. The molecule has 0 amide bonds. The first kappa shape index (κ1) is 9.53. The van der Waals surface area contributed by atoms with Crippen LogP contribution in [0, 0.1) is 11.6 Å². The lowest BCUT2D eigenvalue weighted by Crippen LogP contribution is -2.06. The molecular weight excluding hydrogens is 206 g/mol. The second kappa shape index (κ2) is 3.62. The molecule has 7 heteroatoms. The van der Waals surface area contributed by atoms with E-state index in [1.54, 1.807) is 0 Å². The van der Waals surface area contributed by atoms with Crippen LogP contribution in [0.5, 0.6) is 0 Å². The molecule has 0 fully saturated rings. The van der Waals surface area contributed by atoms with Gasteiger partial charge >= 0.3 is 6.01 Å². The number of halogens is 2. The molecule has 0 aliphatic heterocycles. The maximum atomic E-state index is 12.8. The Morgan fingerprint density at radius 2 is 1.87 bits per heavy atom. The monoisotopic (exact) mass is 212 g/mol. The van der Waals surface area contributed by atoms with Crippen LogP contribution in [0.1, 0.15) is 0 Å². The molecule has 0 radical (unpaired) electrons. The number of nitrogens with one attached hydrogen (secondary N) is 1. The van der Waals surface area contributed by atoms with Crippen LogP contribution in [0.3, 0.4) is 0 Å². The van der Waals surface area contributed by atoms with Gasteiger partial charge < -0.3 is 4.52 Å². The van der Waals surface area contributed by atoms with Crippen molar-refractivity contribution in [2.75, 3.05) is 5.43 Å². The van der Waals surface area contributed by atoms with Gasteiger partial charge in [0.05, 0.1) is 0 Å². The fourth-order valence-electron chi connectivity index (χ4n) is 1.08. The van der Waals surface area contributed by atoms with Crippen LogP contribution in [0.15, 0.2) is 22.7 Å². The summed E-state index contributed by atoms with van der Waals surface area (Å²) in [5.41, 5.74) is 2.30. The predicted molar refractivity (Wildman–Crippen MR) is 47.5 cm³/mol. The van der Waals surface area contributed by atoms with Gasteiger partial charge in [-0.05, 0) is 12.1 Å². The highest BCUT2D eigenvalue weighted by atomic mass is 19.1. The van der Waals surface area contributed by atoms with Gasteiger partial charge in [0.25, 0.3) is 0 Å². The maximum absolute atomic E-state index is 12.8. The molecule has 0 unspecified atom stereocenters. The molecule has 78 valence electrons. The van der Waals surface area contributed by atoms with E-state index in [0.717, 1.165) is 18.2 Å². The number of nitrogen functional groups attached to an aromatic ring is 1. The Morgan fingerprint density at radius 1 is 1.20 bits per heavy atom. The summed E-state index contributed by atoms with van der Waals surface area (Å²) in [6.07, 6.45) is 0. The number of hydrazine groups is 1. The number of anilines is 1. The second-order valence-electron chi connectivity index (χ2n) is 2.73. The van der Waals surface area contributed by atoms with E-state index in [0.29, 0.717) is 0 Å². The molecule has 0 bridgehead atoms. The molecule has 0 aliphatic carbocycles. The highest BCUT2D eigenvalue weighted by Crippen LogP contribution is 2.19. The number of nitrogens with two attached hydrogens (primary N) is 1. The molecular formula is C8H6F2N4O. The molecule has 0 saturated carbocycles. The zero-order chi connectivity index (χ0) is 10.8. The molecule has 1 heterocycles. The lowest BCUT2D eigenvalue weighted by Gasteiger charge is -1.95. The van der Waals surface area contributed by atoms with Crippen molar-refractivity contribution in [1.29, 1.82) is 0 Å². The van der Waals surface area contributed by atoms with Gasteiger partial charge in [-0.25, -0.2) is 14.6 Å². The smallest absolute Gasteiger partial charge is 0.314 e. The molecule has 1 aromatic heterocycles. The van der Waals surface area contributed by atoms with E-state index < -0.39 is 11.6 Å². The van der Waals surface area contributed by atoms with Crippen LogP contribution in [0.25, 0.3) is 11.4 Å². The number of hydrogen-bond acceptors (Lipinski definition) is 5. The largest absolute Gasteiger partial charge is 0.335 e. The first-order chi connectivity index (χ1) is 7.19. The number of hydrogen-bond donors (Lipinski definition) is 2. The van der Waals surface area contributed by atoms with Crippen LogP contribution >= 0.6 is 0 Å². The molecule has 0 spiro atoms. The second-order valence-corrected chi connectivity index (χ2v) is 2.73. The normalized spacial score (nSPS) is 10.3. The average molecular weight is 212 g/mol. The van der Waals surface area contributed by atoms with Gasteiger partial charge in [0.1, 0.15) is 11.6 Å². The number of nitrogens with zero attached hydrogens (tertiary/aromatic N) is 2.